The van der Waals surface area contributed by atoms with Gasteiger partial charge >= 0.3 is 0 Å². The average molecular weight is 478 g/mol. The lowest BCUT2D eigenvalue weighted by molar-refractivity contribution is 0.0951. The summed E-state index contributed by atoms with van der Waals surface area (Å²) in [6.07, 6.45) is 2.13. The number of rotatable bonds is 8. The van der Waals surface area contributed by atoms with E-state index < -0.39 is 10.0 Å². The lowest BCUT2D eigenvalue weighted by atomic mass is 9.98. The van der Waals surface area contributed by atoms with Crippen molar-refractivity contribution in [2.45, 2.75) is 32.1 Å². The topological polar surface area (TPSA) is 78.5 Å². The van der Waals surface area contributed by atoms with Gasteiger partial charge in [0.25, 0.3) is 5.91 Å². The molecular weight excluding hydrogens is 446 g/mol. The van der Waals surface area contributed by atoms with Crippen molar-refractivity contribution in [3.63, 3.8) is 0 Å². The number of hydrogen-bond acceptors (Lipinski definition) is 4. The average Bonchev–Trinajstić information content (AvgIpc) is 2.84. The standard InChI is InChI=1S/C27H31N3O3S/c1-21-14-16-30(17-15-21)26-13-12-24(29-34(32,33)20-23-10-6-3-7-11-23)18-25(26)27(31)28-19-22-8-4-2-5-9-22/h2-13,18,21,29H,14-17,19-20H2,1H3,(H,28,31). The van der Waals surface area contributed by atoms with E-state index in [0.29, 0.717) is 29.3 Å². The zero-order valence-electron chi connectivity index (χ0n) is 19.4. The van der Waals surface area contributed by atoms with Gasteiger partial charge in [0.2, 0.25) is 10.0 Å². The molecule has 0 saturated carbocycles. The maximum atomic E-state index is 13.2. The molecule has 1 aliphatic rings. The molecule has 6 nitrogen and oxygen atoms in total. The van der Waals surface area contributed by atoms with Crippen LogP contribution in [0.1, 0.15) is 41.3 Å². The van der Waals surface area contributed by atoms with Crippen molar-refractivity contribution in [2.75, 3.05) is 22.7 Å². The minimum Gasteiger partial charge on any atom is -0.371 e. The summed E-state index contributed by atoms with van der Waals surface area (Å²) in [5.74, 6) is 0.312. The van der Waals surface area contributed by atoms with Crippen LogP contribution < -0.4 is 14.9 Å². The van der Waals surface area contributed by atoms with Crippen molar-refractivity contribution in [2.24, 2.45) is 5.92 Å². The molecule has 0 spiro atoms. The highest BCUT2D eigenvalue weighted by atomic mass is 32.2. The summed E-state index contributed by atoms with van der Waals surface area (Å²) in [6.45, 7) is 4.40. The second-order valence-corrected chi connectivity index (χ2v) is 10.6. The molecule has 0 atom stereocenters. The Morgan fingerprint density at radius 1 is 0.912 bits per heavy atom. The van der Waals surface area contributed by atoms with Crippen molar-refractivity contribution in [3.05, 3.63) is 95.6 Å². The van der Waals surface area contributed by atoms with Crippen LogP contribution in [0, 0.1) is 5.92 Å². The van der Waals surface area contributed by atoms with Crippen molar-refractivity contribution in [1.82, 2.24) is 5.32 Å². The zero-order valence-corrected chi connectivity index (χ0v) is 20.2. The number of nitrogens with one attached hydrogen (secondary N) is 2. The number of sulfonamides is 1. The lowest BCUT2D eigenvalue weighted by Crippen LogP contribution is -2.35. The molecule has 0 unspecified atom stereocenters. The molecule has 2 N–H and O–H groups in total. The first-order chi connectivity index (χ1) is 16.4. The third-order valence-electron chi connectivity index (χ3n) is 6.13. The second-order valence-electron chi connectivity index (χ2n) is 8.92. The fraction of sp³-hybridized carbons (Fsp3) is 0.296. The Morgan fingerprint density at radius 2 is 1.53 bits per heavy atom. The van der Waals surface area contributed by atoms with E-state index in [4.69, 9.17) is 0 Å². The van der Waals surface area contributed by atoms with Gasteiger partial charge in [-0.25, -0.2) is 8.42 Å². The summed E-state index contributed by atoms with van der Waals surface area (Å²) < 4.78 is 28.2. The molecule has 34 heavy (non-hydrogen) atoms. The van der Waals surface area contributed by atoms with E-state index in [2.05, 4.69) is 21.9 Å². The number of benzene rings is 3. The summed E-state index contributed by atoms with van der Waals surface area (Å²) in [5.41, 5.74) is 3.41. The van der Waals surface area contributed by atoms with Gasteiger partial charge in [-0.05, 0) is 48.1 Å². The van der Waals surface area contributed by atoms with E-state index in [1.807, 2.05) is 54.6 Å². The largest absolute Gasteiger partial charge is 0.371 e. The molecule has 178 valence electrons. The van der Waals surface area contributed by atoms with E-state index in [-0.39, 0.29) is 11.7 Å². The molecule has 0 bridgehead atoms. The number of carbonyl (C=O) groups is 1. The predicted molar refractivity (Wildman–Crippen MR) is 137 cm³/mol. The molecule has 3 aromatic rings. The molecule has 7 heteroatoms. The van der Waals surface area contributed by atoms with Crippen LogP contribution in [0.5, 0.6) is 0 Å². The summed E-state index contributed by atoms with van der Waals surface area (Å²) in [7, 11) is -3.63. The normalized spacial score (nSPS) is 14.6. The highest BCUT2D eigenvalue weighted by Crippen LogP contribution is 2.29. The quantitative estimate of drug-likeness (QED) is 0.489. The van der Waals surface area contributed by atoms with Crippen LogP contribution in [-0.4, -0.2) is 27.4 Å². The van der Waals surface area contributed by atoms with Gasteiger partial charge in [-0.3, -0.25) is 9.52 Å². The Labute approximate surface area is 202 Å². The minimum atomic E-state index is -3.63. The van der Waals surface area contributed by atoms with Crippen molar-refractivity contribution < 1.29 is 13.2 Å². The van der Waals surface area contributed by atoms with Gasteiger partial charge in [-0.1, -0.05) is 67.6 Å². The molecule has 1 amide bonds. The van der Waals surface area contributed by atoms with Crippen LogP contribution in [0.3, 0.4) is 0 Å². The van der Waals surface area contributed by atoms with Gasteiger partial charge in [-0.2, -0.15) is 0 Å². The summed E-state index contributed by atoms with van der Waals surface area (Å²) in [5, 5.41) is 2.99. The van der Waals surface area contributed by atoms with Gasteiger partial charge in [-0.15, -0.1) is 0 Å². The Hall–Kier alpha value is -3.32. The van der Waals surface area contributed by atoms with Crippen LogP contribution in [0.2, 0.25) is 0 Å². The SMILES string of the molecule is CC1CCN(c2ccc(NS(=O)(=O)Cc3ccccc3)cc2C(=O)NCc2ccccc2)CC1. The summed E-state index contributed by atoms with van der Waals surface area (Å²) >= 11 is 0. The third-order valence-corrected chi connectivity index (χ3v) is 7.39. The first-order valence-electron chi connectivity index (χ1n) is 11.7. The first-order valence-corrected chi connectivity index (χ1v) is 13.3. The van der Waals surface area contributed by atoms with Crippen LogP contribution in [0.25, 0.3) is 0 Å². The van der Waals surface area contributed by atoms with Crippen LogP contribution in [0.4, 0.5) is 11.4 Å². The van der Waals surface area contributed by atoms with Crippen LogP contribution >= 0.6 is 0 Å². The van der Waals surface area contributed by atoms with Gasteiger partial charge in [0.15, 0.2) is 0 Å². The fourth-order valence-electron chi connectivity index (χ4n) is 4.19. The minimum absolute atomic E-state index is 0.130. The van der Waals surface area contributed by atoms with Gasteiger partial charge in [0.05, 0.1) is 11.3 Å². The smallest absolute Gasteiger partial charge is 0.253 e. The molecule has 1 aliphatic heterocycles. The van der Waals surface area contributed by atoms with E-state index in [0.717, 1.165) is 37.2 Å². The van der Waals surface area contributed by atoms with E-state index in [9.17, 15) is 13.2 Å². The number of carbonyl (C=O) groups excluding carboxylic acids is 1. The van der Waals surface area contributed by atoms with Crippen molar-refractivity contribution in [1.29, 1.82) is 0 Å². The number of anilines is 2. The Balaban J connectivity index is 1.56. The van der Waals surface area contributed by atoms with Crippen molar-refractivity contribution in [3.8, 4) is 0 Å². The predicted octanol–water partition coefficient (Wildman–Crippen LogP) is 4.79. The zero-order chi connectivity index (χ0) is 24.0. The molecule has 0 radical (unpaired) electrons. The number of piperidine rings is 1. The molecule has 1 saturated heterocycles. The monoisotopic (exact) mass is 477 g/mol. The molecule has 0 aromatic heterocycles. The first kappa shape index (κ1) is 23.8. The molecule has 1 heterocycles. The van der Waals surface area contributed by atoms with Gasteiger partial charge in [0, 0.05) is 31.0 Å². The number of nitrogens with zero attached hydrogens (tertiary/aromatic N) is 1. The van der Waals surface area contributed by atoms with E-state index >= 15 is 0 Å². The van der Waals surface area contributed by atoms with Crippen LogP contribution in [0.15, 0.2) is 78.9 Å². The molecule has 3 aromatic carbocycles. The Kier molecular flexibility index (Phi) is 7.53. The van der Waals surface area contributed by atoms with Crippen LogP contribution in [-0.2, 0) is 22.3 Å². The highest BCUT2D eigenvalue weighted by Gasteiger charge is 2.22. The third kappa shape index (κ3) is 6.38. The Morgan fingerprint density at radius 3 is 2.18 bits per heavy atom. The molecular formula is C27H31N3O3S. The van der Waals surface area contributed by atoms with Gasteiger partial charge < -0.3 is 10.2 Å². The maximum absolute atomic E-state index is 13.2. The van der Waals surface area contributed by atoms with E-state index in [1.165, 1.54) is 0 Å². The van der Waals surface area contributed by atoms with E-state index in [1.54, 1.807) is 24.3 Å². The second kappa shape index (κ2) is 10.7. The van der Waals surface area contributed by atoms with Crippen molar-refractivity contribution >= 4 is 27.3 Å². The summed E-state index contributed by atoms with van der Waals surface area (Å²) in [6, 6.07) is 24.0. The number of hydrogen-bond donors (Lipinski definition) is 2. The lowest BCUT2D eigenvalue weighted by Gasteiger charge is -2.33. The fourth-order valence-corrected chi connectivity index (χ4v) is 5.38. The molecule has 4 rings (SSSR count). The molecule has 0 aliphatic carbocycles. The molecule has 1 fully saturated rings. The van der Waals surface area contributed by atoms with Gasteiger partial charge in [0.1, 0.15) is 0 Å². The summed E-state index contributed by atoms with van der Waals surface area (Å²) in [4.78, 5) is 15.5. The maximum Gasteiger partial charge on any atom is 0.253 e. The number of amides is 1. The Bertz CT molecular complexity index is 1210. The highest BCUT2D eigenvalue weighted by molar-refractivity contribution is 7.91.